The number of benzene rings is 3. The number of hydrogen-bond acceptors (Lipinski definition) is 5. The Balaban J connectivity index is 1.32. The van der Waals surface area contributed by atoms with Gasteiger partial charge in [0.25, 0.3) is 10.0 Å². The SMILES string of the molecule is Cc1ccc(CS(=O)(=O)N2CCC(C(=O)Nc3ccc(S(=O)(=O)Nc4cc(Cl)ccc4C)cc3)CC2)cc1. The first-order valence-corrected chi connectivity index (χ1v) is 15.6. The fraction of sp³-hybridized carbons (Fsp3) is 0.296. The van der Waals surface area contributed by atoms with Crippen molar-refractivity contribution in [3.05, 3.63) is 88.4 Å². The Bertz CT molecular complexity index is 1520. The molecule has 202 valence electrons. The molecule has 3 aromatic carbocycles. The van der Waals surface area contributed by atoms with Crippen LogP contribution in [0.1, 0.15) is 29.5 Å². The summed E-state index contributed by atoms with van der Waals surface area (Å²) in [5.41, 5.74) is 3.39. The summed E-state index contributed by atoms with van der Waals surface area (Å²) in [5, 5.41) is 3.23. The third kappa shape index (κ3) is 6.93. The Morgan fingerprint density at radius 2 is 1.55 bits per heavy atom. The van der Waals surface area contributed by atoms with E-state index in [1.165, 1.54) is 28.6 Å². The lowest BCUT2D eigenvalue weighted by Crippen LogP contribution is -2.41. The molecule has 8 nitrogen and oxygen atoms in total. The zero-order valence-electron chi connectivity index (χ0n) is 21.1. The van der Waals surface area contributed by atoms with Crippen LogP contribution in [-0.4, -0.2) is 40.1 Å². The van der Waals surface area contributed by atoms with E-state index in [0.717, 1.165) is 16.7 Å². The molecule has 38 heavy (non-hydrogen) atoms. The molecule has 2 N–H and O–H groups in total. The van der Waals surface area contributed by atoms with E-state index in [2.05, 4.69) is 10.0 Å². The van der Waals surface area contributed by atoms with E-state index in [4.69, 9.17) is 11.6 Å². The highest BCUT2D eigenvalue weighted by molar-refractivity contribution is 7.92. The number of nitrogens with zero attached hydrogens (tertiary/aromatic N) is 1. The molecule has 3 aromatic rings. The maximum Gasteiger partial charge on any atom is 0.261 e. The first-order valence-electron chi connectivity index (χ1n) is 12.2. The van der Waals surface area contributed by atoms with Gasteiger partial charge >= 0.3 is 0 Å². The lowest BCUT2D eigenvalue weighted by atomic mass is 9.97. The summed E-state index contributed by atoms with van der Waals surface area (Å²) in [7, 11) is -7.32. The van der Waals surface area contributed by atoms with Crippen molar-refractivity contribution in [2.75, 3.05) is 23.1 Å². The number of nitrogens with one attached hydrogen (secondary N) is 2. The second kappa shape index (κ2) is 11.4. The summed E-state index contributed by atoms with van der Waals surface area (Å²) in [5.74, 6) is -0.619. The molecule has 1 saturated heterocycles. The number of carbonyl (C=O) groups excluding carboxylic acids is 1. The molecule has 0 bridgehead atoms. The molecule has 0 atom stereocenters. The standard InChI is InChI=1S/C27H30ClN3O5S2/c1-19-3-6-21(7-4-19)18-37(33,34)31-15-13-22(14-16-31)27(32)29-24-9-11-25(12-10-24)38(35,36)30-26-17-23(28)8-5-20(26)2/h3-12,17,22,30H,13-16,18H2,1-2H3,(H,29,32). The molecule has 11 heteroatoms. The van der Waals surface area contributed by atoms with Gasteiger partial charge in [0, 0.05) is 29.7 Å². The quantitative estimate of drug-likeness (QED) is 0.395. The van der Waals surface area contributed by atoms with Gasteiger partial charge in [0.05, 0.1) is 16.3 Å². The summed E-state index contributed by atoms with van der Waals surface area (Å²) in [6.45, 7) is 4.28. The zero-order chi connectivity index (χ0) is 27.5. The third-order valence-corrected chi connectivity index (χ3v) is 10.0. The molecule has 1 amide bonds. The summed E-state index contributed by atoms with van der Waals surface area (Å²) >= 11 is 5.99. The number of piperidine rings is 1. The number of sulfonamides is 2. The predicted molar refractivity (Wildman–Crippen MR) is 150 cm³/mol. The van der Waals surface area contributed by atoms with E-state index in [-0.39, 0.29) is 35.6 Å². The zero-order valence-corrected chi connectivity index (χ0v) is 23.5. The van der Waals surface area contributed by atoms with Crippen molar-refractivity contribution in [2.24, 2.45) is 5.92 Å². The van der Waals surface area contributed by atoms with Gasteiger partial charge in [0.2, 0.25) is 15.9 Å². The van der Waals surface area contributed by atoms with Crippen molar-refractivity contribution < 1.29 is 21.6 Å². The molecule has 1 heterocycles. The van der Waals surface area contributed by atoms with Crippen LogP contribution in [-0.2, 0) is 30.6 Å². The van der Waals surface area contributed by atoms with Crippen LogP contribution >= 0.6 is 11.6 Å². The van der Waals surface area contributed by atoms with E-state index in [0.29, 0.717) is 29.2 Å². The van der Waals surface area contributed by atoms with E-state index in [9.17, 15) is 21.6 Å². The van der Waals surface area contributed by atoms with Gasteiger partial charge in [-0.05, 0) is 74.2 Å². The molecule has 0 saturated carbocycles. The highest BCUT2D eigenvalue weighted by Gasteiger charge is 2.31. The van der Waals surface area contributed by atoms with E-state index >= 15 is 0 Å². The molecular formula is C27H30ClN3O5S2. The molecular weight excluding hydrogens is 546 g/mol. The van der Waals surface area contributed by atoms with Crippen LogP contribution in [0.15, 0.2) is 71.6 Å². The molecule has 0 aliphatic carbocycles. The normalized spacial score (nSPS) is 15.2. The molecule has 4 rings (SSSR count). The maximum absolute atomic E-state index is 12.8. The lowest BCUT2D eigenvalue weighted by Gasteiger charge is -2.30. The van der Waals surface area contributed by atoms with Crippen molar-refractivity contribution in [3.8, 4) is 0 Å². The maximum atomic E-state index is 12.8. The monoisotopic (exact) mass is 575 g/mol. The van der Waals surface area contributed by atoms with Gasteiger partial charge < -0.3 is 5.32 Å². The largest absolute Gasteiger partial charge is 0.326 e. The van der Waals surface area contributed by atoms with Crippen LogP contribution < -0.4 is 10.0 Å². The van der Waals surface area contributed by atoms with Gasteiger partial charge in [-0.2, -0.15) is 0 Å². The second-order valence-electron chi connectivity index (χ2n) is 9.49. The second-order valence-corrected chi connectivity index (χ2v) is 13.6. The van der Waals surface area contributed by atoms with Gasteiger partial charge in [-0.3, -0.25) is 9.52 Å². The first kappa shape index (κ1) is 28.1. The average Bonchev–Trinajstić information content (AvgIpc) is 2.88. The molecule has 0 aromatic heterocycles. The van der Waals surface area contributed by atoms with E-state index in [1.807, 2.05) is 31.2 Å². The molecule has 1 fully saturated rings. The van der Waals surface area contributed by atoms with E-state index in [1.54, 1.807) is 25.1 Å². The summed E-state index contributed by atoms with van der Waals surface area (Å²) in [4.78, 5) is 12.9. The number of rotatable bonds is 8. The Kier molecular flexibility index (Phi) is 8.46. The van der Waals surface area contributed by atoms with Crippen LogP contribution in [0.3, 0.4) is 0 Å². The number of aryl methyl sites for hydroxylation is 2. The van der Waals surface area contributed by atoms with Gasteiger partial charge in [0.15, 0.2) is 0 Å². The Labute approximate surface area is 229 Å². The predicted octanol–water partition coefficient (Wildman–Crippen LogP) is 4.94. The summed E-state index contributed by atoms with van der Waals surface area (Å²) in [6, 6.07) is 18.2. The van der Waals surface area contributed by atoms with Gasteiger partial charge in [-0.1, -0.05) is 47.5 Å². The molecule has 1 aliphatic heterocycles. The van der Waals surface area contributed by atoms with Gasteiger partial charge in [-0.15, -0.1) is 0 Å². The Morgan fingerprint density at radius 3 is 2.18 bits per heavy atom. The smallest absolute Gasteiger partial charge is 0.261 e. The molecule has 0 unspecified atom stereocenters. The van der Waals surface area contributed by atoms with Crippen molar-refractivity contribution in [3.63, 3.8) is 0 Å². The Morgan fingerprint density at radius 1 is 0.921 bits per heavy atom. The van der Waals surface area contributed by atoms with Crippen molar-refractivity contribution in [1.29, 1.82) is 0 Å². The summed E-state index contributed by atoms with van der Waals surface area (Å²) in [6.07, 6.45) is 0.822. The molecule has 0 spiro atoms. The highest BCUT2D eigenvalue weighted by Crippen LogP contribution is 2.26. The van der Waals surface area contributed by atoms with Crippen molar-refractivity contribution in [1.82, 2.24) is 4.31 Å². The summed E-state index contributed by atoms with van der Waals surface area (Å²) < 4.78 is 55.2. The minimum atomic E-state index is -3.85. The molecule has 1 aliphatic rings. The number of anilines is 2. The Hall–Kier alpha value is -2.92. The van der Waals surface area contributed by atoms with Crippen molar-refractivity contribution >= 4 is 48.9 Å². The van der Waals surface area contributed by atoms with Crippen LogP contribution in [0.25, 0.3) is 0 Å². The number of amides is 1. The van der Waals surface area contributed by atoms with E-state index < -0.39 is 20.0 Å². The fourth-order valence-electron chi connectivity index (χ4n) is 4.25. The minimum absolute atomic E-state index is 0.0435. The fourth-order valence-corrected chi connectivity index (χ4v) is 7.11. The minimum Gasteiger partial charge on any atom is -0.326 e. The highest BCUT2D eigenvalue weighted by atomic mass is 35.5. The van der Waals surface area contributed by atoms with Crippen LogP contribution in [0.5, 0.6) is 0 Å². The van der Waals surface area contributed by atoms with Gasteiger partial charge in [-0.25, -0.2) is 21.1 Å². The average molecular weight is 576 g/mol. The number of halogens is 1. The van der Waals surface area contributed by atoms with Crippen LogP contribution in [0, 0.1) is 19.8 Å². The number of hydrogen-bond donors (Lipinski definition) is 2. The van der Waals surface area contributed by atoms with Crippen LogP contribution in [0.4, 0.5) is 11.4 Å². The lowest BCUT2D eigenvalue weighted by molar-refractivity contribution is -0.120. The number of carbonyl (C=O) groups is 1. The van der Waals surface area contributed by atoms with Gasteiger partial charge in [0.1, 0.15) is 0 Å². The third-order valence-electron chi connectivity index (χ3n) is 6.56. The first-order chi connectivity index (χ1) is 17.9. The van der Waals surface area contributed by atoms with Crippen LogP contribution in [0.2, 0.25) is 5.02 Å². The molecule has 0 radical (unpaired) electrons. The topological polar surface area (TPSA) is 113 Å². The van der Waals surface area contributed by atoms with Crippen molar-refractivity contribution in [2.45, 2.75) is 37.3 Å².